The second-order valence-electron chi connectivity index (χ2n) is 7.28. The predicted molar refractivity (Wildman–Crippen MR) is 110 cm³/mol. The normalized spacial score (nSPS) is 23.4. The molecule has 28 heavy (non-hydrogen) atoms. The summed E-state index contributed by atoms with van der Waals surface area (Å²) in [6.07, 6.45) is 8.02. The maximum atomic E-state index is 12.7. The van der Waals surface area contributed by atoms with Gasteiger partial charge in [0, 0.05) is 44.2 Å². The molecule has 0 radical (unpaired) electrons. The van der Waals surface area contributed by atoms with E-state index < -0.39 is 11.6 Å². The predicted octanol–water partition coefficient (Wildman–Crippen LogP) is 2.01. The number of nitrogens with one attached hydrogen (secondary N) is 2. The van der Waals surface area contributed by atoms with Crippen molar-refractivity contribution in [1.29, 1.82) is 0 Å². The monoisotopic (exact) mass is 408 g/mol. The lowest BCUT2D eigenvalue weighted by Crippen LogP contribution is -2.53. The zero-order valence-electron chi connectivity index (χ0n) is 16.5. The summed E-state index contributed by atoms with van der Waals surface area (Å²) >= 11 is 5.64. The summed E-state index contributed by atoms with van der Waals surface area (Å²) < 4.78 is 0. The molecule has 2 N–H and O–H groups in total. The van der Waals surface area contributed by atoms with Crippen molar-refractivity contribution in [3.63, 3.8) is 0 Å². The fourth-order valence-corrected chi connectivity index (χ4v) is 3.68. The molecule has 2 aliphatic heterocycles. The molecule has 1 unspecified atom stereocenters. The fraction of sp³-hybridized carbons (Fsp3) is 0.550. The average Bonchev–Trinajstić information content (AvgIpc) is 2.98. The van der Waals surface area contributed by atoms with Gasteiger partial charge in [-0.15, -0.1) is 11.6 Å². The van der Waals surface area contributed by atoms with Gasteiger partial charge in [0.25, 0.3) is 5.91 Å². The maximum absolute atomic E-state index is 12.7. The number of carbonyl (C=O) groups is 3. The number of alkyl halides is 1. The molecule has 0 saturated carbocycles. The van der Waals surface area contributed by atoms with Crippen LogP contribution in [0.5, 0.6) is 0 Å². The van der Waals surface area contributed by atoms with Crippen molar-refractivity contribution in [1.82, 2.24) is 20.4 Å². The smallest absolute Gasteiger partial charge is 0.322 e. The van der Waals surface area contributed by atoms with Gasteiger partial charge in [0.15, 0.2) is 0 Å². The molecule has 2 heterocycles. The van der Waals surface area contributed by atoms with Gasteiger partial charge in [0.2, 0.25) is 5.91 Å². The Morgan fingerprint density at radius 2 is 1.89 bits per heavy atom. The summed E-state index contributed by atoms with van der Waals surface area (Å²) in [5.74, 6) is 0.000108. The zero-order chi connectivity index (χ0) is 20.7. The molecule has 0 bridgehead atoms. The Morgan fingerprint density at radius 1 is 1.25 bits per heavy atom. The molecular formula is C20H29ClN4O3. The minimum atomic E-state index is -1.01. The van der Waals surface area contributed by atoms with Crippen LogP contribution in [-0.4, -0.2) is 65.2 Å². The van der Waals surface area contributed by atoms with E-state index in [1.165, 1.54) is 0 Å². The summed E-state index contributed by atoms with van der Waals surface area (Å²) in [6, 6.07) is -0.494. The highest BCUT2D eigenvalue weighted by molar-refractivity contribution is 6.18. The van der Waals surface area contributed by atoms with Gasteiger partial charge in [0.1, 0.15) is 5.54 Å². The van der Waals surface area contributed by atoms with Crippen LogP contribution in [-0.2, 0) is 9.59 Å². The second kappa shape index (κ2) is 9.78. The van der Waals surface area contributed by atoms with Crippen LogP contribution in [0.3, 0.4) is 0 Å². The van der Waals surface area contributed by atoms with E-state index in [0.29, 0.717) is 38.5 Å². The number of piperazine rings is 1. The largest absolute Gasteiger partial charge is 0.368 e. The van der Waals surface area contributed by atoms with Crippen LogP contribution in [0.2, 0.25) is 0 Å². The summed E-state index contributed by atoms with van der Waals surface area (Å²) in [6.45, 7) is 10.2. The number of allylic oxidation sites excluding steroid dienone is 4. The molecule has 2 fully saturated rings. The topological polar surface area (TPSA) is 81.8 Å². The number of amides is 4. The van der Waals surface area contributed by atoms with Crippen LogP contribution in [0.25, 0.3) is 0 Å². The Kier molecular flexibility index (Phi) is 7.69. The van der Waals surface area contributed by atoms with E-state index in [1.54, 1.807) is 6.08 Å². The SMILES string of the molecule is C=C/C(=C\C=C/CCl)N1CCN(C(=O)CCC2(C(C)C)NC(=O)NC2=O)CC1. The number of halogens is 1. The molecule has 2 saturated heterocycles. The van der Waals surface area contributed by atoms with Crippen LogP contribution in [0.15, 0.2) is 36.6 Å². The molecular weight excluding hydrogens is 380 g/mol. The summed E-state index contributed by atoms with van der Waals surface area (Å²) in [4.78, 5) is 40.5. The molecule has 7 nitrogen and oxygen atoms in total. The molecule has 1 atom stereocenters. The van der Waals surface area contributed by atoms with Crippen molar-refractivity contribution in [2.24, 2.45) is 5.92 Å². The number of urea groups is 1. The van der Waals surface area contributed by atoms with Gasteiger partial charge in [-0.05, 0) is 24.5 Å². The van der Waals surface area contributed by atoms with Crippen LogP contribution < -0.4 is 10.6 Å². The van der Waals surface area contributed by atoms with E-state index in [-0.39, 0.29) is 24.2 Å². The van der Waals surface area contributed by atoms with Crippen LogP contribution in [0.1, 0.15) is 26.7 Å². The van der Waals surface area contributed by atoms with Crippen molar-refractivity contribution in [3.05, 3.63) is 36.6 Å². The molecule has 154 valence electrons. The van der Waals surface area contributed by atoms with Crippen molar-refractivity contribution in [2.75, 3.05) is 32.1 Å². The molecule has 0 spiro atoms. The lowest BCUT2D eigenvalue weighted by Gasteiger charge is -2.37. The number of imide groups is 1. The van der Waals surface area contributed by atoms with E-state index in [1.807, 2.05) is 37.0 Å². The van der Waals surface area contributed by atoms with E-state index in [2.05, 4.69) is 22.1 Å². The Balaban J connectivity index is 1.91. The quantitative estimate of drug-likeness (QED) is 0.365. The molecule has 4 amide bonds. The fourth-order valence-electron chi connectivity index (χ4n) is 3.57. The van der Waals surface area contributed by atoms with Crippen LogP contribution in [0, 0.1) is 5.92 Å². The highest BCUT2D eigenvalue weighted by Gasteiger charge is 2.48. The van der Waals surface area contributed by atoms with E-state index in [4.69, 9.17) is 11.6 Å². The Labute approximate surface area is 171 Å². The Bertz CT molecular complexity index is 681. The van der Waals surface area contributed by atoms with Gasteiger partial charge in [-0.1, -0.05) is 32.6 Å². The van der Waals surface area contributed by atoms with Crippen LogP contribution >= 0.6 is 11.6 Å². The van der Waals surface area contributed by atoms with Gasteiger partial charge in [-0.25, -0.2) is 4.79 Å². The van der Waals surface area contributed by atoms with Gasteiger partial charge in [0.05, 0.1) is 0 Å². The van der Waals surface area contributed by atoms with E-state index in [9.17, 15) is 14.4 Å². The lowest BCUT2D eigenvalue weighted by atomic mass is 9.82. The minimum Gasteiger partial charge on any atom is -0.368 e. The van der Waals surface area contributed by atoms with Crippen molar-refractivity contribution < 1.29 is 14.4 Å². The Hall–Kier alpha value is -2.28. The first-order valence-corrected chi connectivity index (χ1v) is 10.1. The van der Waals surface area contributed by atoms with Gasteiger partial charge >= 0.3 is 6.03 Å². The summed E-state index contributed by atoms with van der Waals surface area (Å²) in [5.41, 5.74) is -0.0141. The third kappa shape index (κ3) is 4.95. The van der Waals surface area contributed by atoms with Gasteiger partial charge in [-0.3, -0.25) is 14.9 Å². The lowest BCUT2D eigenvalue weighted by molar-refractivity contribution is -0.133. The first kappa shape index (κ1) is 22.0. The number of carbonyl (C=O) groups excluding carboxylic acids is 3. The third-order valence-electron chi connectivity index (χ3n) is 5.39. The van der Waals surface area contributed by atoms with E-state index in [0.717, 1.165) is 5.70 Å². The minimum absolute atomic E-state index is 0.000192. The van der Waals surface area contributed by atoms with Gasteiger partial charge in [-0.2, -0.15) is 0 Å². The number of hydrogen-bond donors (Lipinski definition) is 2. The third-order valence-corrected chi connectivity index (χ3v) is 5.56. The molecule has 2 aliphatic rings. The first-order valence-electron chi connectivity index (χ1n) is 9.55. The van der Waals surface area contributed by atoms with Crippen LogP contribution in [0.4, 0.5) is 4.79 Å². The molecule has 0 aromatic carbocycles. The van der Waals surface area contributed by atoms with E-state index >= 15 is 0 Å². The average molecular weight is 409 g/mol. The summed E-state index contributed by atoms with van der Waals surface area (Å²) in [7, 11) is 0. The molecule has 8 heteroatoms. The van der Waals surface area contributed by atoms with Crippen molar-refractivity contribution >= 4 is 29.4 Å². The van der Waals surface area contributed by atoms with Crippen molar-refractivity contribution in [3.8, 4) is 0 Å². The standard InChI is InChI=1S/C20H29ClN4O3/c1-4-16(7-5-6-10-21)24-11-13-25(14-12-24)17(26)8-9-20(15(2)3)18(27)22-19(28)23-20/h4-7,15H,1,8-14H2,2-3H3,(H2,22,23,27,28)/b6-5-,16-7+. The zero-order valence-corrected chi connectivity index (χ0v) is 17.3. The maximum Gasteiger partial charge on any atom is 0.322 e. The first-order chi connectivity index (χ1) is 13.3. The highest BCUT2D eigenvalue weighted by Crippen LogP contribution is 2.27. The summed E-state index contributed by atoms with van der Waals surface area (Å²) in [5, 5.41) is 5.00. The van der Waals surface area contributed by atoms with Crippen molar-refractivity contribution in [2.45, 2.75) is 32.2 Å². The number of nitrogens with zero attached hydrogens (tertiary/aromatic N) is 2. The number of hydrogen-bond acceptors (Lipinski definition) is 4. The highest BCUT2D eigenvalue weighted by atomic mass is 35.5. The van der Waals surface area contributed by atoms with Gasteiger partial charge < -0.3 is 15.1 Å². The molecule has 0 aromatic rings. The second-order valence-corrected chi connectivity index (χ2v) is 7.59. The Morgan fingerprint density at radius 3 is 2.39 bits per heavy atom. The molecule has 2 rings (SSSR count). The molecule has 0 aliphatic carbocycles. The molecule has 0 aromatic heterocycles. The number of rotatable bonds is 8.